The minimum Gasteiger partial charge on any atom is -0.507 e. The summed E-state index contributed by atoms with van der Waals surface area (Å²) < 4.78 is 5.55. The maximum atomic E-state index is 11.1. The average Bonchev–Trinajstić information content (AvgIpc) is 2.54. The third kappa shape index (κ3) is 3.88. The zero-order chi connectivity index (χ0) is 18.0. The van der Waals surface area contributed by atoms with Crippen LogP contribution in [0.3, 0.4) is 0 Å². The first-order valence-electron chi connectivity index (χ1n) is 8.23. The third-order valence-electron chi connectivity index (χ3n) is 4.26. The number of carbonyl (C=O) groups is 1. The zero-order valence-electron chi connectivity index (χ0n) is 14.4. The van der Waals surface area contributed by atoms with Gasteiger partial charge >= 0.3 is 0 Å². The normalized spacial score (nSPS) is 17.5. The number of anilines is 1. The van der Waals surface area contributed by atoms with Crippen LogP contribution in [0.1, 0.15) is 17.5 Å². The standard InChI is InChI=1S/C18H22N4O3/c1-11-7-12(2)18(15(23)8-11)14-3-4-17(21-20-14)22-5-6-25-13(10-22)9-16(19)24/h3-4,7-8,13,23H,5-6,9-10H2,1-2H3,(H2,19,24)/t13-/m0/s1. The largest absolute Gasteiger partial charge is 0.507 e. The number of aryl methyl sites for hydroxylation is 2. The monoisotopic (exact) mass is 342 g/mol. The Balaban J connectivity index is 1.80. The minimum absolute atomic E-state index is 0.193. The highest BCUT2D eigenvalue weighted by molar-refractivity contribution is 5.74. The van der Waals surface area contributed by atoms with Crippen molar-refractivity contribution in [2.45, 2.75) is 26.4 Å². The Kier molecular flexibility index (Phi) is 4.85. The lowest BCUT2D eigenvalue weighted by Crippen LogP contribution is -2.44. The molecule has 1 aromatic heterocycles. The fraction of sp³-hybridized carbons (Fsp3) is 0.389. The molecule has 1 aliphatic rings. The van der Waals surface area contributed by atoms with Gasteiger partial charge in [0.15, 0.2) is 5.82 Å². The lowest BCUT2D eigenvalue weighted by molar-refractivity contribution is -0.121. The molecular formula is C18H22N4O3. The van der Waals surface area contributed by atoms with Crippen molar-refractivity contribution in [2.75, 3.05) is 24.6 Å². The molecule has 2 heterocycles. The highest BCUT2D eigenvalue weighted by atomic mass is 16.5. The van der Waals surface area contributed by atoms with Gasteiger partial charge in [-0.15, -0.1) is 10.2 Å². The van der Waals surface area contributed by atoms with Gasteiger partial charge in [0.25, 0.3) is 0 Å². The predicted molar refractivity (Wildman–Crippen MR) is 94.4 cm³/mol. The molecule has 0 radical (unpaired) electrons. The summed E-state index contributed by atoms with van der Waals surface area (Å²) >= 11 is 0. The molecule has 7 nitrogen and oxygen atoms in total. The van der Waals surface area contributed by atoms with Crippen molar-refractivity contribution in [3.8, 4) is 17.0 Å². The maximum absolute atomic E-state index is 11.1. The number of phenolic OH excluding ortho intramolecular Hbond substituents is 1. The summed E-state index contributed by atoms with van der Waals surface area (Å²) in [7, 11) is 0. The van der Waals surface area contributed by atoms with Crippen molar-refractivity contribution in [2.24, 2.45) is 5.73 Å². The number of morpholine rings is 1. The number of phenols is 1. The summed E-state index contributed by atoms with van der Waals surface area (Å²) in [6, 6.07) is 7.43. The molecule has 3 N–H and O–H groups in total. The number of amides is 1. The molecule has 1 amide bonds. The fourth-order valence-corrected chi connectivity index (χ4v) is 3.18. The van der Waals surface area contributed by atoms with Gasteiger partial charge in [0, 0.05) is 18.7 Å². The van der Waals surface area contributed by atoms with E-state index in [1.807, 2.05) is 36.9 Å². The molecule has 1 atom stereocenters. The van der Waals surface area contributed by atoms with Gasteiger partial charge in [-0.25, -0.2) is 0 Å². The van der Waals surface area contributed by atoms with Gasteiger partial charge in [-0.1, -0.05) is 6.07 Å². The molecule has 1 aliphatic heterocycles. The summed E-state index contributed by atoms with van der Waals surface area (Å²) in [5.41, 5.74) is 8.51. The number of nitrogens with two attached hydrogens (primary N) is 1. The number of hydrogen-bond acceptors (Lipinski definition) is 6. The number of aromatic hydroxyl groups is 1. The van der Waals surface area contributed by atoms with Crippen LogP contribution in [0.5, 0.6) is 5.75 Å². The molecule has 1 fully saturated rings. The molecule has 1 aromatic carbocycles. The molecule has 1 saturated heterocycles. The van der Waals surface area contributed by atoms with E-state index in [4.69, 9.17) is 10.5 Å². The Hall–Kier alpha value is -2.67. The van der Waals surface area contributed by atoms with Crippen LogP contribution >= 0.6 is 0 Å². The van der Waals surface area contributed by atoms with Crippen molar-refractivity contribution in [1.82, 2.24) is 10.2 Å². The van der Waals surface area contributed by atoms with E-state index >= 15 is 0 Å². The summed E-state index contributed by atoms with van der Waals surface area (Å²) in [6.07, 6.45) is -0.0329. The quantitative estimate of drug-likeness (QED) is 0.874. The molecule has 0 bridgehead atoms. The summed E-state index contributed by atoms with van der Waals surface area (Å²) in [5, 5.41) is 18.8. The van der Waals surface area contributed by atoms with Crippen LogP contribution in [-0.4, -0.2) is 47.0 Å². The summed E-state index contributed by atoms with van der Waals surface area (Å²) in [4.78, 5) is 13.1. The molecule has 0 saturated carbocycles. The van der Waals surface area contributed by atoms with Gasteiger partial charge in [-0.2, -0.15) is 0 Å². The number of hydrogen-bond donors (Lipinski definition) is 2. The fourth-order valence-electron chi connectivity index (χ4n) is 3.18. The topological polar surface area (TPSA) is 102 Å². The smallest absolute Gasteiger partial charge is 0.220 e. The highest BCUT2D eigenvalue weighted by Gasteiger charge is 2.23. The van der Waals surface area contributed by atoms with E-state index in [0.29, 0.717) is 36.8 Å². The molecule has 0 aliphatic carbocycles. The summed E-state index contributed by atoms with van der Waals surface area (Å²) in [6.45, 7) is 5.61. The Morgan fingerprint density at radius 2 is 2.16 bits per heavy atom. The van der Waals surface area contributed by atoms with Crippen LogP contribution in [0, 0.1) is 13.8 Å². The van der Waals surface area contributed by atoms with Crippen LogP contribution < -0.4 is 10.6 Å². The van der Waals surface area contributed by atoms with Gasteiger partial charge in [0.1, 0.15) is 5.75 Å². The second-order valence-corrected chi connectivity index (χ2v) is 6.36. The van der Waals surface area contributed by atoms with E-state index in [2.05, 4.69) is 10.2 Å². The van der Waals surface area contributed by atoms with E-state index in [1.54, 1.807) is 6.07 Å². The van der Waals surface area contributed by atoms with Crippen LogP contribution in [0.15, 0.2) is 24.3 Å². The molecule has 25 heavy (non-hydrogen) atoms. The van der Waals surface area contributed by atoms with Crippen LogP contribution in [0.4, 0.5) is 5.82 Å². The first-order valence-corrected chi connectivity index (χ1v) is 8.23. The average molecular weight is 342 g/mol. The molecular weight excluding hydrogens is 320 g/mol. The molecule has 7 heteroatoms. The van der Waals surface area contributed by atoms with Crippen molar-refractivity contribution >= 4 is 11.7 Å². The lowest BCUT2D eigenvalue weighted by atomic mass is 10.0. The van der Waals surface area contributed by atoms with Crippen molar-refractivity contribution in [3.05, 3.63) is 35.4 Å². The van der Waals surface area contributed by atoms with Crippen LogP contribution in [0.2, 0.25) is 0 Å². The maximum Gasteiger partial charge on any atom is 0.220 e. The van der Waals surface area contributed by atoms with Gasteiger partial charge in [0.2, 0.25) is 5.91 Å². The molecule has 3 rings (SSSR count). The summed E-state index contributed by atoms with van der Waals surface area (Å²) in [5.74, 6) is 0.539. The zero-order valence-corrected chi connectivity index (χ0v) is 14.4. The van der Waals surface area contributed by atoms with Gasteiger partial charge in [-0.3, -0.25) is 4.79 Å². The van der Waals surface area contributed by atoms with E-state index in [9.17, 15) is 9.90 Å². The first-order chi connectivity index (χ1) is 11.9. The second kappa shape index (κ2) is 7.06. The predicted octanol–water partition coefficient (Wildman–Crippen LogP) is 1.55. The van der Waals surface area contributed by atoms with Gasteiger partial charge in [-0.05, 0) is 43.2 Å². The number of rotatable bonds is 4. The van der Waals surface area contributed by atoms with Crippen LogP contribution in [0.25, 0.3) is 11.3 Å². The van der Waals surface area contributed by atoms with Gasteiger partial charge in [0.05, 0.1) is 24.8 Å². The van der Waals surface area contributed by atoms with Crippen LogP contribution in [-0.2, 0) is 9.53 Å². The number of carbonyl (C=O) groups excluding carboxylic acids is 1. The lowest BCUT2D eigenvalue weighted by Gasteiger charge is -2.33. The Morgan fingerprint density at radius 1 is 1.36 bits per heavy atom. The highest BCUT2D eigenvalue weighted by Crippen LogP contribution is 2.32. The number of aromatic nitrogens is 2. The Bertz CT molecular complexity index is 753. The number of ether oxygens (including phenoxy) is 1. The first kappa shape index (κ1) is 17.2. The second-order valence-electron chi connectivity index (χ2n) is 6.36. The van der Waals surface area contributed by atoms with Gasteiger partial charge < -0.3 is 20.5 Å². The van der Waals surface area contributed by atoms with E-state index in [-0.39, 0.29) is 24.2 Å². The SMILES string of the molecule is Cc1cc(C)c(-c2ccc(N3CCO[C@@H](CC(N)=O)C3)nn2)c(O)c1. The molecule has 0 spiro atoms. The third-order valence-corrected chi connectivity index (χ3v) is 4.26. The molecule has 132 valence electrons. The van der Waals surface area contributed by atoms with Crippen molar-refractivity contribution in [1.29, 1.82) is 0 Å². The Labute approximate surface area is 146 Å². The van der Waals surface area contributed by atoms with Crippen molar-refractivity contribution < 1.29 is 14.6 Å². The van der Waals surface area contributed by atoms with E-state index in [0.717, 1.165) is 11.1 Å². The number of primary amides is 1. The molecule has 2 aromatic rings. The molecule has 0 unspecified atom stereocenters. The van der Waals surface area contributed by atoms with Crippen molar-refractivity contribution in [3.63, 3.8) is 0 Å². The Morgan fingerprint density at radius 3 is 2.80 bits per heavy atom. The minimum atomic E-state index is -0.376. The number of nitrogens with zero attached hydrogens (tertiary/aromatic N) is 3. The van der Waals surface area contributed by atoms with E-state index < -0.39 is 0 Å². The number of benzene rings is 1. The van der Waals surface area contributed by atoms with E-state index in [1.165, 1.54) is 0 Å².